The maximum Gasteiger partial charge on any atom is 0.277 e. The summed E-state index contributed by atoms with van der Waals surface area (Å²) in [6.07, 6.45) is 1.48. The van der Waals surface area contributed by atoms with E-state index in [1.165, 1.54) is 16.8 Å². The van der Waals surface area contributed by atoms with Crippen LogP contribution in [0.1, 0.15) is 33.7 Å². The van der Waals surface area contributed by atoms with E-state index < -0.39 is 5.82 Å². The minimum absolute atomic E-state index is 0.0332. The second kappa shape index (κ2) is 4.47. The number of nitrogens with one attached hydrogen (secondary N) is 1. The molecular weight excluding hydrogens is 195 g/mol. The lowest BCUT2D eigenvalue weighted by atomic mass is 10.3. The summed E-state index contributed by atoms with van der Waals surface area (Å²) in [5, 5.41) is 2.83. The van der Waals surface area contributed by atoms with Crippen LogP contribution < -0.4 is 10.9 Å². The summed E-state index contributed by atoms with van der Waals surface area (Å²) in [4.78, 5) is 11.8. The fourth-order valence-corrected chi connectivity index (χ4v) is 1.35. The molecule has 0 amide bonds. The Morgan fingerprint density at radius 3 is 2.40 bits per heavy atom. The van der Waals surface area contributed by atoms with Crippen LogP contribution in [-0.4, -0.2) is 10.6 Å². The van der Waals surface area contributed by atoms with E-state index in [1.807, 2.05) is 27.7 Å². The van der Waals surface area contributed by atoms with Crippen LogP contribution in [0.15, 0.2) is 17.1 Å². The Kier molecular flexibility index (Phi) is 3.50. The van der Waals surface area contributed by atoms with Crippen molar-refractivity contribution in [3.05, 3.63) is 28.4 Å². The highest BCUT2D eigenvalue weighted by molar-refractivity contribution is 5.42. The number of hydrogen-bond acceptors (Lipinski definition) is 2. The molecule has 15 heavy (non-hydrogen) atoms. The molecule has 1 N–H and O–H groups in total. The monoisotopic (exact) mass is 212 g/mol. The van der Waals surface area contributed by atoms with Gasteiger partial charge in [0.2, 0.25) is 0 Å². The lowest BCUT2D eigenvalue weighted by molar-refractivity contribution is 0.558. The van der Waals surface area contributed by atoms with E-state index >= 15 is 0 Å². The summed E-state index contributed by atoms with van der Waals surface area (Å²) in [5.41, 5.74) is -0.250. The van der Waals surface area contributed by atoms with Gasteiger partial charge in [0.15, 0.2) is 5.82 Å². The van der Waals surface area contributed by atoms with Crippen molar-refractivity contribution in [2.45, 2.75) is 39.8 Å². The van der Waals surface area contributed by atoms with Crippen LogP contribution in [0.4, 0.5) is 10.1 Å². The molecule has 0 spiro atoms. The molecule has 0 saturated heterocycles. The lowest BCUT2D eigenvalue weighted by Crippen LogP contribution is -2.27. The van der Waals surface area contributed by atoms with Gasteiger partial charge < -0.3 is 9.88 Å². The summed E-state index contributed by atoms with van der Waals surface area (Å²) in [7, 11) is 0. The van der Waals surface area contributed by atoms with Crippen molar-refractivity contribution in [1.82, 2.24) is 4.57 Å². The van der Waals surface area contributed by atoms with Crippen LogP contribution in [0, 0.1) is 5.82 Å². The molecule has 3 nitrogen and oxygen atoms in total. The van der Waals surface area contributed by atoms with Crippen molar-refractivity contribution >= 4 is 5.69 Å². The molecule has 1 aromatic heterocycles. The molecule has 0 aliphatic rings. The molecule has 0 aliphatic carbocycles. The number of hydrogen-bond donors (Lipinski definition) is 1. The number of aromatic nitrogens is 1. The average molecular weight is 212 g/mol. The first-order chi connectivity index (χ1) is 6.93. The molecule has 1 heterocycles. The zero-order valence-electron chi connectivity index (χ0n) is 9.54. The van der Waals surface area contributed by atoms with Gasteiger partial charge in [-0.05, 0) is 33.8 Å². The summed E-state index contributed by atoms with van der Waals surface area (Å²) in [6, 6.07) is 1.38. The van der Waals surface area contributed by atoms with Crippen LogP contribution >= 0.6 is 0 Å². The van der Waals surface area contributed by atoms with Crippen LogP contribution in [-0.2, 0) is 0 Å². The normalized spacial score (nSPS) is 11.1. The van der Waals surface area contributed by atoms with Gasteiger partial charge in [0.25, 0.3) is 5.56 Å². The summed E-state index contributed by atoms with van der Waals surface area (Å²) < 4.78 is 14.9. The van der Waals surface area contributed by atoms with Crippen molar-refractivity contribution in [2.24, 2.45) is 0 Å². The van der Waals surface area contributed by atoms with Crippen LogP contribution in [0.3, 0.4) is 0 Å². The quantitative estimate of drug-likeness (QED) is 0.834. The molecule has 1 rings (SSSR count). The van der Waals surface area contributed by atoms with Gasteiger partial charge in [0.1, 0.15) is 5.69 Å². The number of nitrogens with zero attached hydrogens (tertiary/aromatic N) is 1. The van der Waals surface area contributed by atoms with E-state index in [4.69, 9.17) is 0 Å². The SMILES string of the molecule is CC(C)Nc1c(F)ccn(C(C)C)c1=O. The van der Waals surface area contributed by atoms with Gasteiger partial charge >= 0.3 is 0 Å². The first kappa shape index (κ1) is 11.8. The number of anilines is 1. The molecular formula is C11H17FN2O. The molecule has 0 saturated carbocycles. The van der Waals surface area contributed by atoms with Gasteiger partial charge in [0, 0.05) is 18.3 Å². The van der Waals surface area contributed by atoms with Gasteiger partial charge in [-0.1, -0.05) is 0 Å². The Labute approximate surface area is 88.9 Å². The first-order valence-electron chi connectivity index (χ1n) is 5.10. The van der Waals surface area contributed by atoms with Crippen molar-refractivity contribution in [2.75, 3.05) is 5.32 Å². The van der Waals surface area contributed by atoms with E-state index in [-0.39, 0.29) is 23.3 Å². The van der Waals surface area contributed by atoms with Crippen molar-refractivity contribution in [3.8, 4) is 0 Å². The highest BCUT2D eigenvalue weighted by atomic mass is 19.1. The minimum Gasteiger partial charge on any atom is -0.376 e. The summed E-state index contributed by atoms with van der Waals surface area (Å²) >= 11 is 0. The molecule has 0 unspecified atom stereocenters. The van der Waals surface area contributed by atoms with Gasteiger partial charge in [-0.25, -0.2) is 4.39 Å². The third-order valence-corrected chi connectivity index (χ3v) is 2.06. The average Bonchev–Trinajstić information content (AvgIpc) is 2.11. The minimum atomic E-state index is -0.495. The van der Waals surface area contributed by atoms with Gasteiger partial charge in [-0.2, -0.15) is 0 Å². The fourth-order valence-electron chi connectivity index (χ4n) is 1.35. The molecule has 4 heteroatoms. The predicted octanol–water partition coefficient (Wildman–Crippen LogP) is 2.39. The van der Waals surface area contributed by atoms with Gasteiger partial charge in [0.05, 0.1) is 0 Å². The maximum absolute atomic E-state index is 13.4. The standard InChI is InChI=1S/C11H17FN2O/c1-7(2)13-10-9(12)5-6-14(8(3)4)11(10)15/h5-8,13H,1-4H3. The molecule has 0 fully saturated rings. The van der Waals surface area contributed by atoms with E-state index in [0.717, 1.165) is 0 Å². The topological polar surface area (TPSA) is 34.0 Å². The highest BCUT2D eigenvalue weighted by Crippen LogP contribution is 2.11. The smallest absolute Gasteiger partial charge is 0.277 e. The Morgan fingerprint density at radius 2 is 1.93 bits per heavy atom. The van der Waals surface area contributed by atoms with Crippen molar-refractivity contribution < 1.29 is 4.39 Å². The largest absolute Gasteiger partial charge is 0.376 e. The molecule has 1 aromatic rings. The predicted molar refractivity (Wildman–Crippen MR) is 59.8 cm³/mol. The Bertz CT molecular complexity index is 396. The van der Waals surface area contributed by atoms with E-state index in [0.29, 0.717) is 0 Å². The van der Waals surface area contributed by atoms with Crippen LogP contribution in [0.25, 0.3) is 0 Å². The molecule has 0 aliphatic heterocycles. The van der Waals surface area contributed by atoms with E-state index in [2.05, 4.69) is 5.32 Å². The van der Waals surface area contributed by atoms with E-state index in [9.17, 15) is 9.18 Å². The van der Waals surface area contributed by atoms with Crippen molar-refractivity contribution in [1.29, 1.82) is 0 Å². The fraction of sp³-hybridized carbons (Fsp3) is 0.545. The van der Waals surface area contributed by atoms with Crippen molar-refractivity contribution in [3.63, 3.8) is 0 Å². The summed E-state index contributed by atoms with van der Waals surface area (Å²) in [5.74, 6) is -0.495. The Morgan fingerprint density at radius 1 is 1.33 bits per heavy atom. The Hall–Kier alpha value is -1.32. The zero-order chi connectivity index (χ0) is 11.6. The zero-order valence-corrected chi connectivity index (χ0v) is 9.54. The van der Waals surface area contributed by atoms with Gasteiger partial charge in [-0.15, -0.1) is 0 Å². The van der Waals surface area contributed by atoms with Gasteiger partial charge in [-0.3, -0.25) is 4.79 Å². The highest BCUT2D eigenvalue weighted by Gasteiger charge is 2.12. The number of halogens is 1. The summed E-state index contributed by atoms with van der Waals surface area (Å²) in [6.45, 7) is 7.51. The first-order valence-corrected chi connectivity index (χ1v) is 5.10. The molecule has 84 valence electrons. The molecule has 0 bridgehead atoms. The van der Waals surface area contributed by atoms with E-state index in [1.54, 1.807) is 0 Å². The second-order valence-electron chi connectivity index (χ2n) is 4.14. The second-order valence-corrected chi connectivity index (χ2v) is 4.14. The Balaban J connectivity index is 3.24. The lowest BCUT2D eigenvalue weighted by Gasteiger charge is -2.15. The maximum atomic E-state index is 13.4. The third-order valence-electron chi connectivity index (χ3n) is 2.06. The van der Waals surface area contributed by atoms with Crippen LogP contribution in [0.5, 0.6) is 0 Å². The van der Waals surface area contributed by atoms with Crippen LogP contribution in [0.2, 0.25) is 0 Å². The third kappa shape index (κ3) is 2.58. The number of pyridine rings is 1. The molecule has 0 aromatic carbocycles. The molecule has 0 radical (unpaired) electrons. The number of rotatable bonds is 3. The molecule has 0 atom stereocenters.